The Labute approximate surface area is 144 Å². The van der Waals surface area contributed by atoms with Gasteiger partial charge in [0.1, 0.15) is 5.76 Å². The van der Waals surface area contributed by atoms with Gasteiger partial charge in [0, 0.05) is 25.0 Å². The van der Waals surface area contributed by atoms with Crippen molar-refractivity contribution in [3.05, 3.63) is 24.2 Å². The maximum absolute atomic E-state index is 5.35. The molecule has 1 aromatic heterocycles. The molecule has 1 aromatic rings. The fourth-order valence-corrected chi connectivity index (χ4v) is 2.83. The normalized spacial score (nSPS) is 25.5. The van der Waals surface area contributed by atoms with Crippen LogP contribution in [0.3, 0.4) is 0 Å². The molecule has 4 nitrogen and oxygen atoms in total. The van der Waals surface area contributed by atoms with Crippen LogP contribution in [-0.2, 0) is 6.42 Å². The van der Waals surface area contributed by atoms with Crippen LogP contribution in [0.15, 0.2) is 27.8 Å². The summed E-state index contributed by atoms with van der Waals surface area (Å²) < 4.78 is 5.35. The summed E-state index contributed by atoms with van der Waals surface area (Å²) in [5, 5.41) is 7.15. The quantitative estimate of drug-likeness (QED) is 0.451. The third-order valence-electron chi connectivity index (χ3n) is 4.34. The van der Waals surface area contributed by atoms with E-state index >= 15 is 0 Å². The van der Waals surface area contributed by atoms with E-state index in [1.807, 2.05) is 12.1 Å². The van der Waals surface area contributed by atoms with Crippen molar-refractivity contribution in [2.24, 2.45) is 10.9 Å². The van der Waals surface area contributed by atoms with Gasteiger partial charge in [-0.05, 0) is 37.3 Å². The van der Waals surface area contributed by atoms with Crippen LogP contribution in [-0.4, -0.2) is 24.6 Å². The number of guanidine groups is 1. The van der Waals surface area contributed by atoms with Crippen molar-refractivity contribution in [3.63, 3.8) is 0 Å². The van der Waals surface area contributed by atoms with Crippen molar-refractivity contribution >= 4 is 29.9 Å². The Morgan fingerprint density at radius 3 is 2.71 bits per heavy atom. The lowest BCUT2D eigenvalue weighted by atomic mass is 10.2. The van der Waals surface area contributed by atoms with Crippen LogP contribution in [0.1, 0.15) is 44.8 Å². The van der Waals surface area contributed by atoms with Crippen LogP contribution in [0.4, 0.5) is 0 Å². The van der Waals surface area contributed by atoms with Gasteiger partial charge in [-0.25, -0.2) is 0 Å². The van der Waals surface area contributed by atoms with Crippen molar-refractivity contribution in [2.75, 3.05) is 6.54 Å². The number of halogens is 1. The highest BCUT2D eigenvalue weighted by molar-refractivity contribution is 14.0. The summed E-state index contributed by atoms with van der Waals surface area (Å²) >= 11 is 0. The van der Waals surface area contributed by atoms with Gasteiger partial charge in [0.25, 0.3) is 0 Å². The summed E-state index contributed by atoms with van der Waals surface area (Å²) in [6.45, 7) is 3.06. The minimum Gasteiger partial charge on any atom is -0.469 e. The first-order valence-electron chi connectivity index (χ1n) is 7.91. The molecule has 2 aliphatic rings. The Kier molecular flexibility index (Phi) is 6.39. The lowest BCUT2D eigenvalue weighted by Crippen LogP contribution is -2.43. The monoisotopic (exact) mass is 403 g/mol. The zero-order chi connectivity index (χ0) is 13.8. The van der Waals surface area contributed by atoms with Crippen LogP contribution in [0, 0.1) is 5.92 Å². The van der Waals surface area contributed by atoms with Gasteiger partial charge in [-0.2, -0.15) is 0 Å². The Hall–Kier alpha value is -0.720. The van der Waals surface area contributed by atoms with Crippen LogP contribution in [0.25, 0.3) is 0 Å². The van der Waals surface area contributed by atoms with E-state index in [-0.39, 0.29) is 24.0 Å². The maximum atomic E-state index is 5.35. The average molecular weight is 403 g/mol. The molecule has 0 bridgehead atoms. The first-order valence-corrected chi connectivity index (χ1v) is 7.91. The molecule has 0 aliphatic heterocycles. The van der Waals surface area contributed by atoms with Crippen molar-refractivity contribution in [1.29, 1.82) is 0 Å². The number of aliphatic imine (C=N–C) groups is 1. The van der Waals surface area contributed by atoms with Gasteiger partial charge in [-0.15, -0.1) is 24.0 Å². The van der Waals surface area contributed by atoms with Gasteiger partial charge in [-0.3, -0.25) is 4.99 Å². The Balaban J connectivity index is 0.00000161. The number of furan rings is 1. The predicted octanol–water partition coefficient (Wildman–Crippen LogP) is 3.33. The molecule has 0 amide bonds. The number of hydrogen-bond donors (Lipinski definition) is 2. The molecule has 2 N–H and O–H groups in total. The summed E-state index contributed by atoms with van der Waals surface area (Å²) in [4.78, 5) is 4.71. The third-order valence-corrected chi connectivity index (χ3v) is 4.34. The molecule has 0 spiro atoms. The van der Waals surface area contributed by atoms with Gasteiger partial charge in [0.2, 0.25) is 0 Å². The largest absolute Gasteiger partial charge is 0.469 e. The lowest BCUT2D eigenvalue weighted by molar-refractivity contribution is 0.510. The minimum atomic E-state index is 0. The second kappa shape index (κ2) is 8.06. The van der Waals surface area contributed by atoms with Gasteiger partial charge in [0.05, 0.1) is 6.26 Å². The van der Waals surface area contributed by atoms with Crippen molar-refractivity contribution in [1.82, 2.24) is 10.6 Å². The summed E-state index contributed by atoms with van der Waals surface area (Å²) in [6.07, 6.45) is 9.10. The van der Waals surface area contributed by atoms with E-state index in [9.17, 15) is 0 Å². The molecule has 2 saturated carbocycles. The molecular formula is C16H26IN3O. The van der Waals surface area contributed by atoms with E-state index < -0.39 is 0 Å². The molecule has 2 unspecified atom stereocenters. The fraction of sp³-hybridized carbons (Fsp3) is 0.688. The highest BCUT2D eigenvalue weighted by Crippen LogP contribution is 2.29. The van der Waals surface area contributed by atoms with E-state index in [2.05, 4.69) is 17.6 Å². The van der Waals surface area contributed by atoms with E-state index in [1.165, 1.54) is 32.1 Å². The second-order valence-corrected chi connectivity index (χ2v) is 6.15. The van der Waals surface area contributed by atoms with Crippen LogP contribution >= 0.6 is 24.0 Å². The molecule has 0 saturated heterocycles. The van der Waals surface area contributed by atoms with Crippen LogP contribution < -0.4 is 10.6 Å². The highest BCUT2D eigenvalue weighted by atomic mass is 127. The molecule has 5 heteroatoms. The molecule has 3 rings (SSSR count). The molecular weight excluding hydrogens is 377 g/mol. The highest BCUT2D eigenvalue weighted by Gasteiger charge is 2.33. The summed E-state index contributed by atoms with van der Waals surface area (Å²) in [6, 6.07) is 5.17. The van der Waals surface area contributed by atoms with Gasteiger partial charge >= 0.3 is 0 Å². The van der Waals surface area contributed by atoms with E-state index in [1.54, 1.807) is 6.26 Å². The average Bonchev–Trinajstić information content (AvgIpc) is 2.92. The number of rotatable bonds is 5. The van der Waals surface area contributed by atoms with Gasteiger partial charge < -0.3 is 15.1 Å². The first-order chi connectivity index (χ1) is 9.81. The molecule has 118 valence electrons. The molecule has 2 aliphatic carbocycles. The third kappa shape index (κ3) is 5.20. The van der Waals surface area contributed by atoms with E-state index in [0.29, 0.717) is 12.1 Å². The van der Waals surface area contributed by atoms with Gasteiger partial charge in [-0.1, -0.05) is 19.8 Å². The summed E-state index contributed by atoms with van der Waals surface area (Å²) in [5.41, 5.74) is 0. The predicted molar refractivity (Wildman–Crippen MR) is 96.2 cm³/mol. The summed E-state index contributed by atoms with van der Waals surface area (Å²) in [7, 11) is 0. The van der Waals surface area contributed by atoms with Crippen LogP contribution in [0.2, 0.25) is 0 Å². The van der Waals surface area contributed by atoms with Gasteiger partial charge in [0.15, 0.2) is 5.96 Å². The molecule has 2 fully saturated rings. The second-order valence-electron chi connectivity index (χ2n) is 6.15. The lowest BCUT2D eigenvalue weighted by Gasteiger charge is -2.17. The zero-order valence-electron chi connectivity index (χ0n) is 12.7. The Bertz CT molecular complexity index is 440. The minimum absolute atomic E-state index is 0. The number of nitrogens with one attached hydrogen (secondary N) is 2. The Morgan fingerprint density at radius 2 is 2.10 bits per heavy atom. The molecule has 0 radical (unpaired) electrons. The van der Waals surface area contributed by atoms with Crippen molar-refractivity contribution < 1.29 is 4.42 Å². The number of nitrogens with zero attached hydrogens (tertiary/aromatic N) is 1. The SMILES string of the molecule is CC1CC1NC(=NCCc1ccco1)NC1CCCC1.I. The number of hydrogen-bond acceptors (Lipinski definition) is 2. The maximum Gasteiger partial charge on any atom is 0.191 e. The zero-order valence-corrected chi connectivity index (χ0v) is 15.0. The van der Waals surface area contributed by atoms with Crippen molar-refractivity contribution in [2.45, 2.75) is 57.5 Å². The van der Waals surface area contributed by atoms with Crippen LogP contribution in [0.5, 0.6) is 0 Å². The summed E-state index contributed by atoms with van der Waals surface area (Å²) in [5.74, 6) is 2.79. The Morgan fingerprint density at radius 1 is 1.33 bits per heavy atom. The molecule has 21 heavy (non-hydrogen) atoms. The van der Waals surface area contributed by atoms with E-state index in [0.717, 1.165) is 30.6 Å². The fourth-order valence-electron chi connectivity index (χ4n) is 2.83. The van der Waals surface area contributed by atoms with E-state index in [4.69, 9.17) is 9.41 Å². The molecule has 1 heterocycles. The molecule has 2 atom stereocenters. The topological polar surface area (TPSA) is 49.6 Å². The first kappa shape index (κ1) is 16.6. The molecule has 0 aromatic carbocycles. The standard InChI is InChI=1S/C16H25N3O.HI/c1-12-11-15(12)19-16(18-13-5-2-3-6-13)17-9-8-14-7-4-10-20-14;/h4,7,10,12-13,15H,2-3,5-6,8-9,11H2,1H3,(H2,17,18,19);1H. The smallest absolute Gasteiger partial charge is 0.191 e. The van der Waals surface area contributed by atoms with Crippen molar-refractivity contribution in [3.8, 4) is 0 Å².